The van der Waals surface area contributed by atoms with Gasteiger partial charge in [-0.3, -0.25) is 4.79 Å². The SMILES string of the molecule is COc1ccc(OC)c(N2CC(c3nc(-c4ccccc4C)no3)CC2=O)c1. The van der Waals surface area contributed by atoms with E-state index >= 15 is 0 Å². The van der Waals surface area contributed by atoms with Crippen molar-refractivity contribution in [2.24, 2.45) is 0 Å². The van der Waals surface area contributed by atoms with Gasteiger partial charge in [-0.15, -0.1) is 0 Å². The van der Waals surface area contributed by atoms with Crippen LogP contribution in [0.1, 0.15) is 23.8 Å². The first-order valence-electron chi connectivity index (χ1n) is 9.02. The standard InChI is InChI=1S/C21H21N3O4/c1-13-6-4-5-7-16(13)20-22-21(28-23-20)14-10-19(25)24(12-14)17-11-15(26-2)8-9-18(17)27-3/h4-9,11,14H,10,12H2,1-3H3. The Kier molecular flexibility index (Phi) is 4.73. The van der Waals surface area contributed by atoms with E-state index in [2.05, 4.69) is 10.1 Å². The van der Waals surface area contributed by atoms with E-state index in [1.165, 1.54) is 0 Å². The number of nitrogens with zero attached hydrogens (tertiary/aromatic N) is 3. The van der Waals surface area contributed by atoms with Gasteiger partial charge in [0.05, 0.1) is 25.8 Å². The highest BCUT2D eigenvalue weighted by Gasteiger charge is 2.36. The van der Waals surface area contributed by atoms with Crippen LogP contribution < -0.4 is 14.4 Å². The van der Waals surface area contributed by atoms with Crippen molar-refractivity contribution >= 4 is 11.6 Å². The zero-order valence-corrected chi connectivity index (χ0v) is 16.0. The van der Waals surface area contributed by atoms with E-state index in [-0.39, 0.29) is 11.8 Å². The summed E-state index contributed by atoms with van der Waals surface area (Å²) in [6.45, 7) is 2.44. The number of ether oxygens (including phenoxy) is 2. The molecule has 1 unspecified atom stereocenters. The van der Waals surface area contributed by atoms with Crippen molar-refractivity contribution in [1.82, 2.24) is 10.1 Å². The van der Waals surface area contributed by atoms with Crippen LogP contribution in [0, 0.1) is 6.92 Å². The van der Waals surface area contributed by atoms with E-state index in [0.717, 1.165) is 11.1 Å². The summed E-state index contributed by atoms with van der Waals surface area (Å²) in [6, 6.07) is 13.2. The Balaban J connectivity index is 1.60. The third-order valence-electron chi connectivity index (χ3n) is 4.98. The number of aromatic nitrogens is 2. The van der Waals surface area contributed by atoms with Gasteiger partial charge in [-0.25, -0.2) is 0 Å². The molecule has 0 aliphatic carbocycles. The number of hydrogen-bond donors (Lipinski definition) is 0. The second kappa shape index (κ2) is 7.34. The van der Waals surface area contributed by atoms with Crippen molar-refractivity contribution in [2.75, 3.05) is 25.7 Å². The Bertz CT molecular complexity index is 1010. The van der Waals surface area contributed by atoms with Gasteiger partial charge in [0.1, 0.15) is 11.5 Å². The number of methoxy groups -OCH3 is 2. The molecule has 3 aromatic rings. The molecule has 28 heavy (non-hydrogen) atoms. The van der Waals surface area contributed by atoms with Crippen LogP contribution in [0.4, 0.5) is 5.69 Å². The maximum Gasteiger partial charge on any atom is 0.232 e. The number of anilines is 1. The number of carbonyl (C=O) groups is 1. The molecule has 1 atom stereocenters. The second-order valence-corrected chi connectivity index (χ2v) is 6.71. The van der Waals surface area contributed by atoms with Crippen LogP contribution in [0.3, 0.4) is 0 Å². The lowest BCUT2D eigenvalue weighted by molar-refractivity contribution is -0.117. The molecule has 1 saturated heterocycles. The monoisotopic (exact) mass is 379 g/mol. The molecule has 0 saturated carbocycles. The summed E-state index contributed by atoms with van der Waals surface area (Å²) in [5.41, 5.74) is 2.67. The topological polar surface area (TPSA) is 77.7 Å². The summed E-state index contributed by atoms with van der Waals surface area (Å²) in [7, 11) is 3.17. The molecule has 0 radical (unpaired) electrons. The summed E-state index contributed by atoms with van der Waals surface area (Å²) < 4.78 is 16.2. The van der Waals surface area contributed by atoms with E-state index in [9.17, 15) is 4.79 Å². The second-order valence-electron chi connectivity index (χ2n) is 6.71. The lowest BCUT2D eigenvalue weighted by atomic mass is 10.1. The molecule has 144 valence electrons. The molecule has 1 amide bonds. The van der Waals surface area contributed by atoms with Gasteiger partial charge in [0.15, 0.2) is 0 Å². The molecule has 4 rings (SSSR count). The zero-order chi connectivity index (χ0) is 19.7. The Morgan fingerprint density at radius 2 is 1.96 bits per heavy atom. The van der Waals surface area contributed by atoms with Gasteiger partial charge in [-0.05, 0) is 24.6 Å². The van der Waals surface area contributed by atoms with Crippen molar-refractivity contribution in [3.8, 4) is 22.9 Å². The fourth-order valence-electron chi connectivity index (χ4n) is 3.45. The summed E-state index contributed by atoms with van der Waals surface area (Å²) in [5.74, 6) is 2.09. The average molecular weight is 379 g/mol. The predicted molar refractivity (Wildman–Crippen MR) is 104 cm³/mol. The molecular formula is C21H21N3O4. The number of benzene rings is 2. The van der Waals surface area contributed by atoms with Gasteiger partial charge in [-0.1, -0.05) is 29.4 Å². The van der Waals surface area contributed by atoms with Gasteiger partial charge < -0.3 is 18.9 Å². The van der Waals surface area contributed by atoms with E-state index in [1.54, 1.807) is 37.3 Å². The van der Waals surface area contributed by atoms with Crippen LogP contribution >= 0.6 is 0 Å². The van der Waals surface area contributed by atoms with Crippen molar-refractivity contribution in [2.45, 2.75) is 19.3 Å². The van der Waals surface area contributed by atoms with Crippen LogP contribution in [0.25, 0.3) is 11.4 Å². The number of aryl methyl sites for hydroxylation is 1. The first-order chi connectivity index (χ1) is 13.6. The molecule has 1 aromatic heterocycles. The Hall–Kier alpha value is -3.35. The molecule has 7 heteroatoms. The van der Waals surface area contributed by atoms with Crippen LogP contribution in [0.15, 0.2) is 47.0 Å². The number of rotatable bonds is 5. The molecule has 0 N–H and O–H groups in total. The van der Waals surface area contributed by atoms with Gasteiger partial charge in [-0.2, -0.15) is 4.98 Å². The molecule has 1 aliphatic rings. The molecular weight excluding hydrogens is 358 g/mol. The lowest BCUT2D eigenvalue weighted by Gasteiger charge is -2.20. The summed E-state index contributed by atoms with van der Waals surface area (Å²) >= 11 is 0. The fraction of sp³-hybridized carbons (Fsp3) is 0.286. The molecule has 0 spiro atoms. The predicted octanol–water partition coefficient (Wildman–Crippen LogP) is 3.58. The van der Waals surface area contributed by atoms with Gasteiger partial charge in [0.2, 0.25) is 17.6 Å². The van der Waals surface area contributed by atoms with Crippen LogP contribution in [-0.2, 0) is 4.79 Å². The van der Waals surface area contributed by atoms with E-state index in [1.807, 2.05) is 31.2 Å². The summed E-state index contributed by atoms with van der Waals surface area (Å²) in [5, 5.41) is 4.12. The summed E-state index contributed by atoms with van der Waals surface area (Å²) in [6.07, 6.45) is 0.301. The third kappa shape index (κ3) is 3.19. The minimum Gasteiger partial charge on any atom is -0.497 e. The van der Waals surface area contributed by atoms with Crippen molar-refractivity contribution in [3.63, 3.8) is 0 Å². The zero-order valence-electron chi connectivity index (χ0n) is 16.0. The fourth-order valence-corrected chi connectivity index (χ4v) is 3.45. The minimum absolute atomic E-state index is 0.0211. The number of carbonyl (C=O) groups excluding carboxylic acids is 1. The van der Waals surface area contributed by atoms with Gasteiger partial charge >= 0.3 is 0 Å². The van der Waals surface area contributed by atoms with Crippen molar-refractivity contribution in [1.29, 1.82) is 0 Å². The third-order valence-corrected chi connectivity index (χ3v) is 4.98. The molecule has 1 aliphatic heterocycles. The van der Waals surface area contributed by atoms with Crippen molar-refractivity contribution < 1.29 is 18.8 Å². The average Bonchev–Trinajstić information content (AvgIpc) is 3.34. The van der Waals surface area contributed by atoms with Gasteiger partial charge in [0, 0.05) is 24.6 Å². The van der Waals surface area contributed by atoms with Gasteiger partial charge in [0.25, 0.3) is 0 Å². The maximum absolute atomic E-state index is 12.7. The van der Waals surface area contributed by atoms with Crippen molar-refractivity contribution in [3.05, 3.63) is 53.9 Å². The molecule has 7 nitrogen and oxygen atoms in total. The number of hydrogen-bond acceptors (Lipinski definition) is 6. The Morgan fingerprint density at radius 3 is 2.71 bits per heavy atom. The Morgan fingerprint density at radius 1 is 1.14 bits per heavy atom. The highest BCUT2D eigenvalue weighted by Crippen LogP contribution is 2.38. The van der Waals surface area contributed by atoms with Crippen LogP contribution in [-0.4, -0.2) is 36.8 Å². The molecule has 2 aromatic carbocycles. The first-order valence-corrected chi connectivity index (χ1v) is 9.02. The normalized spacial score (nSPS) is 16.5. The molecule has 2 heterocycles. The van der Waals surface area contributed by atoms with E-state index < -0.39 is 0 Å². The number of amides is 1. The maximum atomic E-state index is 12.7. The molecule has 1 fully saturated rings. The minimum atomic E-state index is -0.173. The molecule has 0 bridgehead atoms. The summed E-state index contributed by atoms with van der Waals surface area (Å²) in [4.78, 5) is 18.9. The van der Waals surface area contributed by atoms with E-state index in [4.69, 9.17) is 14.0 Å². The first kappa shape index (κ1) is 18.0. The largest absolute Gasteiger partial charge is 0.497 e. The van der Waals surface area contributed by atoms with E-state index in [0.29, 0.717) is 41.9 Å². The Labute approximate surface area is 162 Å². The highest BCUT2D eigenvalue weighted by molar-refractivity contribution is 5.98. The van der Waals surface area contributed by atoms with Crippen LogP contribution in [0.2, 0.25) is 0 Å². The van der Waals surface area contributed by atoms with Crippen LogP contribution in [0.5, 0.6) is 11.5 Å². The quantitative estimate of drug-likeness (QED) is 0.674. The lowest BCUT2D eigenvalue weighted by Crippen LogP contribution is -2.24. The smallest absolute Gasteiger partial charge is 0.232 e. The highest BCUT2D eigenvalue weighted by atomic mass is 16.5.